The summed E-state index contributed by atoms with van der Waals surface area (Å²) in [5, 5.41) is 46.9. The summed E-state index contributed by atoms with van der Waals surface area (Å²) in [6, 6.07) is 0. The van der Waals surface area contributed by atoms with Gasteiger partial charge in [-0.15, -0.1) is 6.58 Å². The van der Waals surface area contributed by atoms with Crippen LogP contribution in [-0.2, 0) is 14.3 Å². The fraction of sp³-hybridized carbons (Fsp3) is 0.727. The van der Waals surface area contributed by atoms with Crippen LogP contribution in [0.5, 0.6) is 0 Å². The van der Waals surface area contributed by atoms with Crippen LogP contribution in [0.4, 0.5) is 0 Å². The number of carboxylic acids is 1. The Balaban J connectivity index is 2.99. The maximum atomic E-state index is 11.3. The number of aliphatic hydroxyl groups is 4. The first-order valence-corrected chi connectivity index (χ1v) is 5.69. The number of carbonyl (C=O) groups is 1. The van der Waals surface area contributed by atoms with Gasteiger partial charge in [0.2, 0.25) is 0 Å². The molecule has 1 fully saturated rings. The van der Waals surface area contributed by atoms with Crippen LogP contribution in [0.25, 0.3) is 0 Å². The monoisotopic (exact) mass is 278 g/mol. The molecular formula is C11H18O8. The Hall–Kier alpha value is -1.03. The highest BCUT2D eigenvalue weighted by atomic mass is 16.7. The molecule has 8 heteroatoms. The van der Waals surface area contributed by atoms with Gasteiger partial charge in [0.05, 0.1) is 19.3 Å². The first-order valence-electron chi connectivity index (χ1n) is 5.69. The number of aliphatic hydroxyl groups excluding tert-OH is 4. The molecule has 19 heavy (non-hydrogen) atoms. The van der Waals surface area contributed by atoms with Gasteiger partial charge in [0.25, 0.3) is 5.79 Å². The van der Waals surface area contributed by atoms with E-state index in [9.17, 15) is 25.2 Å². The van der Waals surface area contributed by atoms with Crippen LogP contribution in [-0.4, -0.2) is 74.9 Å². The molecule has 1 aliphatic rings. The summed E-state index contributed by atoms with van der Waals surface area (Å²) in [6.45, 7) is 2.45. The molecule has 0 bridgehead atoms. The van der Waals surface area contributed by atoms with E-state index in [4.69, 9.17) is 14.6 Å². The smallest absolute Gasteiger partial charge is 0.364 e. The first-order chi connectivity index (χ1) is 8.88. The van der Waals surface area contributed by atoms with Crippen LogP contribution in [0, 0.1) is 0 Å². The van der Waals surface area contributed by atoms with Crippen molar-refractivity contribution in [3.63, 3.8) is 0 Å². The zero-order valence-electron chi connectivity index (χ0n) is 10.2. The summed E-state index contributed by atoms with van der Waals surface area (Å²) in [5.74, 6) is -3.70. The molecule has 8 nitrogen and oxygen atoms in total. The minimum atomic E-state index is -2.20. The summed E-state index contributed by atoms with van der Waals surface area (Å²) in [7, 11) is 0. The molecule has 0 amide bonds. The Morgan fingerprint density at radius 1 is 1.58 bits per heavy atom. The van der Waals surface area contributed by atoms with Crippen molar-refractivity contribution in [1.29, 1.82) is 0 Å². The molecule has 0 aliphatic carbocycles. The molecule has 1 rings (SSSR count). The lowest BCUT2D eigenvalue weighted by atomic mass is 9.92. The van der Waals surface area contributed by atoms with Gasteiger partial charge in [-0.2, -0.15) is 0 Å². The second-order valence-electron chi connectivity index (χ2n) is 4.25. The van der Waals surface area contributed by atoms with E-state index in [0.717, 1.165) is 0 Å². The minimum absolute atomic E-state index is 0.156. The third kappa shape index (κ3) is 3.30. The number of carboxylic acid groups (broad SMARTS) is 1. The lowest BCUT2D eigenvalue weighted by Crippen LogP contribution is -2.62. The van der Waals surface area contributed by atoms with Gasteiger partial charge in [-0.3, -0.25) is 0 Å². The second-order valence-corrected chi connectivity index (χ2v) is 4.25. The molecule has 0 radical (unpaired) electrons. The van der Waals surface area contributed by atoms with Gasteiger partial charge < -0.3 is 35.0 Å². The standard InChI is InChI=1S/C11H18O8/c1-2-3-18-11(10(16)17)4-6(13)8(15)9(19-11)7(14)5-12/h2,6-9,12-15H,1,3-5H2,(H,16,17)/t6-,7+,8-,9-,11-/m1/s1. The fourth-order valence-electron chi connectivity index (χ4n) is 1.85. The van der Waals surface area contributed by atoms with Gasteiger partial charge in [-0.05, 0) is 0 Å². The molecule has 5 atom stereocenters. The van der Waals surface area contributed by atoms with Crippen molar-refractivity contribution in [3.8, 4) is 0 Å². The van der Waals surface area contributed by atoms with Gasteiger partial charge in [0, 0.05) is 6.42 Å². The third-order valence-electron chi connectivity index (χ3n) is 2.86. The van der Waals surface area contributed by atoms with E-state index in [0.29, 0.717) is 0 Å². The summed E-state index contributed by atoms with van der Waals surface area (Å²) in [6.07, 6.45) is -5.23. The van der Waals surface area contributed by atoms with E-state index < -0.39 is 49.2 Å². The first kappa shape index (κ1) is 16.0. The molecular weight excluding hydrogens is 260 g/mol. The average Bonchev–Trinajstić information content (AvgIpc) is 2.38. The van der Waals surface area contributed by atoms with E-state index >= 15 is 0 Å². The molecule has 1 heterocycles. The molecule has 0 aromatic rings. The highest BCUT2D eigenvalue weighted by Crippen LogP contribution is 2.32. The van der Waals surface area contributed by atoms with Crippen molar-refractivity contribution in [1.82, 2.24) is 0 Å². The lowest BCUT2D eigenvalue weighted by Gasteiger charge is -2.43. The van der Waals surface area contributed by atoms with Gasteiger partial charge in [-0.1, -0.05) is 6.08 Å². The van der Waals surface area contributed by atoms with Gasteiger partial charge in [-0.25, -0.2) is 4.79 Å². The second kappa shape index (κ2) is 6.42. The largest absolute Gasteiger partial charge is 0.477 e. The van der Waals surface area contributed by atoms with Crippen molar-refractivity contribution in [2.75, 3.05) is 13.2 Å². The van der Waals surface area contributed by atoms with Crippen molar-refractivity contribution in [2.24, 2.45) is 0 Å². The highest BCUT2D eigenvalue weighted by molar-refractivity contribution is 5.76. The highest BCUT2D eigenvalue weighted by Gasteiger charge is 2.54. The van der Waals surface area contributed by atoms with Gasteiger partial charge in [0.1, 0.15) is 18.3 Å². The van der Waals surface area contributed by atoms with Crippen LogP contribution >= 0.6 is 0 Å². The Morgan fingerprint density at radius 2 is 2.21 bits per heavy atom. The lowest BCUT2D eigenvalue weighted by molar-refractivity contribution is -0.321. The molecule has 110 valence electrons. The topological polar surface area (TPSA) is 137 Å². The van der Waals surface area contributed by atoms with Crippen molar-refractivity contribution >= 4 is 5.97 Å². The third-order valence-corrected chi connectivity index (χ3v) is 2.86. The molecule has 0 unspecified atom stereocenters. The minimum Gasteiger partial charge on any atom is -0.477 e. The van der Waals surface area contributed by atoms with E-state index in [1.165, 1.54) is 6.08 Å². The summed E-state index contributed by atoms with van der Waals surface area (Å²) in [5.41, 5.74) is 0. The van der Waals surface area contributed by atoms with Gasteiger partial charge >= 0.3 is 5.97 Å². The summed E-state index contributed by atoms with van der Waals surface area (Å²) in [4.78, 5) is 11.3. The van der Waals surface area contributed by atoms with Crippen LogP contribution in [0.2, 0.25) is 0 Å². The number of rotatable bonds is 6. The van der Waals surface area contributed by atoms with Gasteiger partial charge in [0.15, 0.2) is 0 Å². The van der Waals surface area contributed by atoms with Crippen molar-refractivity contribution < 1.29 is 39.8 Å². The molecule has 5 N–H and O–H groups in total. The Morgan fingerprint density at radius 3 is 2.68 bits per heavy atom. The number of hydrogen-bond acceptors (Lipinski definition) is 7. The van der Waals surface area contributed by atoms with E-state index in [-0.39, 0.29) is 6.61 Å². The van der Waals surface area contributed by atoms with Crippen LogP contribution < -0.4 is 0 Å². The maximum Gasteiger partial charge on any atom is 0.364 e. The molecule has 0 aromatic carbocycles. The van der Waals surface area contributed by atoms with Crippen LogP contribution in [0.15, 0.2) is 12.7 Å². The normalized spacial score (nSPS) is 36.7. The fourth-order valence-corrected chi connectivity index (χ4v) is 1.85. The number of ether oxygens (including phenoxy) is 2. The van der Waals surface area contributed by atoms with E-state index in [1.54, 1.807) is 0 Å². The molecule has 1 saturated heterocycles. The van der Waals surface area contributed by atoms with Crippen LogP contribution in [0.3, 0.4) is 0 Å². The Kier molecular flexibility index (Phi) is 5.41. The van der Waals surface area contributed by atoms with Crippen molar-refractivity contribution in [3.05, 3.63) is 12.7 Å². The quantitative estimate of drug-likeness (QED) is 0.346. The number of hydrogen-bond donors (Lipinski definition) is 5. The molecule has 0 spiro atoms. The molecule has 1 aliphatic heterocycles. The predicted octanol–water partition coefficient (Wildman–Crippen LogP) is -2.17. The molecule has 0 aromatic heterocycles. The summed E-state index contributed by atoms with van der Waals surface area (Å²) >= 11 is 0. The van der Waals surface area contributed by atoms with E-state index in [2.05, 4.69) is 6.58 Å². The summed E-state index contributed by atoms with van der Waals surface area (Å²) < 4.78 is 10.1. The average molecular weight is 278 g/mol. The zero-order chi connectivity index (χ0) is 14.6. The SMILES string of the molecule is C=CCO[C@]1(C(=O)O)C[C@@H](O)[C@@H](O)[C@@H]([C@@H](O)CO)O1. The predicted molar refractivity (Wildman–Crippen MR) is 61.1 cm³/mol. The molecule has 0 saturated carbocycles. The maximum absolute atomic E-state index is 11.3. The van der Waals surface area contributed by atoms with Crippen LogP contribution in [0.1, 0.15) is 6.42 Å². The zero-order valence-corrected chi connectivity index (χ0v) is 10.2. The van der Waals surface area contributed by atoms with E-state index in [1.807, 2.05) is 0 Å². The van der Waals surface area contributed by atoms with Crippen molar-refractivity contribution in [2.45, 2.75) is 36.6 Å². The number of aliphatic carboxylic acids is 1. The Bertz CT molecular complexity index is 333. The Labute approximate surface area is 109 Å².